The number of rotatable bonds is 5. The first kappa shape index (κ1) is 18.4. The van der Waals surface area contributed by atoms with E-state index in [2.05, 4.69) is 10.1 Å². The lowest BCUT2D eigenvalue weighted by molar-refractivity contribution is -0.138. The van der Waals surface area contributed by atoms with Gasteiger partial charge >= 0.3 is 5.97 Å². The molecule has 4 rings (SSSR count). The summed E-state index contributed by atoms with van der Waals surface area (Å²) in [5.41, 5.74) is 0.845. The summed E-state index contributed by atoms with van der Waals surface area (Å²) >= 11 is 1.55. The van der Waals surface area contributed by atoms with Gasteiger partial charge in [-0.1, -0.05) is 24.3 Å². The van der Waals surface area contributed by atoms with Gasteiger partial charge < -0.3 is 10.0 Å². The molecule has 0 aliphatic carbocycles. The van der Waals surface area contributed by atoms with Crippen molar-refractivity contribution < 1.29 is 14.7 Å². The van der Waals surface area contributed by atoms with Crippen LogP contribution in [-0.2, 0) is 4.79 Å². The van der Waals surface area contributed by atoms with Crippen molar-refractivity contribution in [2.45, 2.75) is 19.3 Å². The lowest BCUT2D eigenvalue weighted by atomic mass is 9.93. The first-order chi connectivity index (χ1) is 13.6. The number of carboxylic acid groups (broad SMARTS) is 1. The van der Waals surface area contributed by atoms with E-state index in [1.165, 1.54) is 0 Å². The summed E-state index contributed by atoms with van der Waals surface area (Å²) < 4.78 is 1.70. The van der Waals surface area contributed by atoms with Gasteiger partial charge in [-0.2, -0.15) is 0 Å². The van der Waals surface area contributed by atoms with Gasteiger partial charge in [0.25, 0.3) is 5.91 Å². The quantitative estimate of drug-likeness (QED) is 0.715. The summed E-state index contributed by atoms with van der Waals surface area (Å²) in [6.45, 7) is 1.07. The minimum Gasteiger partial charge on any atom is -0.481 e. The molecule has 0 bridgehead atoms. The van der Waals surface area contributed by atoms with Crippen molar-refractivity contribution in [3.63, 3.8) is 0 Å². The van der Waals surface area contributed by atoms with Crippen molar-refractivity contribution in [2.75, 3.05) is 13.1 Å². The molecule has 0 spiro atoms. The van der Waals surface area contributed by atoms with Crippen LogP contribution in [0.5, 0.6) is 0 Å². The van der Waals surface area contributed by atoms with Gasteiger partial charge in [0.1, 0.15) is 0 Å². The van der Waals surface area contributed by atoms with Crippen LogP contribution in [0.25, 0.3) is 16.4 Å². The van der Waals surface area contributed by atoms with Crippen LogP contribution in [0.1, 0.15) is 29.9 Å². The fraction of sp³-hybridized carbons (Fsp3) is 0.300. The smallest absolute Gasteiger partial charge is 0.303 e. The fourth-order valence-corrected chi connectivity index (χ4v) is 4.14. The number of amides is 1. The Balaban J connectivity index is 1.59. The first-order valence-corrected chi connectivity index (χ1v) is 10.1. The second-order valence-electron chi connectivity index (χ2n) is 6.82. The third-order valence-corrected chi connectivity index (χ3v) is 5.77. The molecule has 3 aromatic rings. The maximum atomic E-state index is 13.0. The van der Waals surface area contributed by atoms with Gasteiger partial charge in [0.15, 0.2) is 5.82 Å². The molecule has 1 aromatic carbocycles. The number of aromatic nitrogens is 3. The average Bonchev–Trinajstić information content (AvgIpc) is 3.38. The van der Waals surface area contributed by atoms with Crippen molar-refractivity contribution in [2.24, 2.45) is 5.92 Å². The second kappa shape index (κ2) is 7.93. The van der Waals surface area contributed by atoms with Crippen LogP contribution < -0.4 is 0 Å². The van der Waals surface area contributed by atoms with Gasteiger partial charge in [0.2, 0.25) is 5.82 Å². The van der Waals surface area contributed by atoms with Crippen LogP contribution >= 0.6 is 11.3 Å². The Hall–Kier alpha value is -3.00. The summed E-state index contributed by atoms with van der Waals surface area (Å²) in [6.07, 6.45) is 1.54. The van der Waals surface area contributed by atoms with Crippen LogP contribution in [0.15, 0.2) is 47.8 Å². The molecule has 1 N–H and O–H groups in total. The largest absolute Gasteiger partial charge is 0.481 e. The summed E-state index contributed by atoms with van der Waals surface area (Å²) in [6, 6.07) is 13.5. The summed E-state index contributed by atoms with van der Waals surface area (Å²) in [4.78, 5) is 31.1. The van der Waals surface area contributed by atoms with E-state index < -0.39 is 5.97 Å². The minimum atomic E-state index is -0.784. The second-order valence-corrected chi connectivity index (χ2v) is 7.76. The van der Waals surface area contributed by atoms with E-state index in [9.17, 15) is 9.59 Å². The molecule has 0 atom stereocenters. The molecule has 1 saturated heterocycles. The molecule has 1 aliphatic rings. The fourth-order valence-electron chi connectivity index (χ4n) is 3.45. The van der Waals surface area contributed by atoms with Gasteiger partial charge in [-0.3, -0.25) is 9.59 Å². The van der Waals surface area contributed by atoms with E-state index in [4.69, 9.17) is 5.11 Å². The molecule has 8 heteroatoms. The zero-order chi connectivity index (χ0) is 19.5. The van der Waals surface area contributed by atoms with Crippen LogP contribution in [0.4, 0.5) is 0 Å². The van der Waals surface area contributed by atoms with Crippen LogP contribution in [0.2, 0.25) is 0 Å². The lowest BCUT2D eigenvalue weighted by Gasteiger charge is -2.30. The number of hydrogen-bond acceptors (Lipinski definition) is 5. The predicted octanol–water partition coefficient (Wildman–Crippen LogP) is 3.32. The van der Waals surface area contributed by atoms with E-state index >= 15 is 0 Å². The number of carboxylic acids is 1. The number of aliphatic carboxylic acids is 1. The number of benzene rings is 1. The zero-order valence-electron chi connectivity index (χ0n) is 15.2. The van der Waals surface area contributed by atoms with E-state index in [1.807, 2.05) is 47.8 Å². The third kappa shape index (κ3) is 3.82. The number of hydrogen-bond donors (Lipinski definition) is 1. The normalized spacial score (nSPS) is 14.9. The van der Waals surface area contributed by atoms with E-state index in [-0.39, 0.29) is 24.1 Å². The molecular weight excluding hydrogens is 376 g/mol. The highest BCUT2D eigenvalue weighted by molar-refractivity contribution is 7.13. The summed E-state index contributed by atoms with van der Waals surface area (Å²) in [5.74, 6) is -0.0535. The highest BCUT2D eigenvalue weighted by Crippen LogP contribution is 2.27. The molecule has 0 unspecified atom stereocenters. The molecule has 28 heavy (non-hydrogen) atoms. The van der Waals surface area contributed by atoms with Crippen molar-refractivity contribution >= 4 is 23.2 Å². The number of piperidine rings is 1. The highest BCUT2D eigenvalue weighted by atomic mass is 32.1. The van der Waals surface area contributed by atoms with Gasteiger partial charge in [-0.15, -0.1) is 16.4 Å². The maximum Gasteiger partial charge on any atom is 0.303 e. The molecule has 1 aliphatic heterocycles. The molecule has 2 aromatic heterocycles. The average molecular weight is 396 g/mol. The van der Waals surface area contributed by atoms with Crippen molar-refractivity contribution in [1.82, 2.24) is 19.7 Å². The molecule has 3 heterocycles. The van der Waals surface area contributed by atoms with E-state index in [0.717, 1.165) is 10.6 Å². The Morgan fingerprint density at radius 2 is 1.86 bits per heavy atom. The van der Waals surface area contributed by atoms with Crippen LogP contribution in [0, 0.1) is 5.92 Å². The van der Waals surface area contributed by atoms with Crippen molar-refractivity contribution in [3.05, 3.63) is 53.7 Å². The van der Waals surface area contributed by atoms with E-state index in [0.29, 0.717) is 31.8 Å². The maximum absolute atomic E-state index is 13.0. The zero-order valence-corrected chi connectivity index (χ0v) is 16.0. The van der Waals surface area contributed by atoms with E-state index in [1.54, 1.807) is 20.9 Å². The monoisotopic (exact) mass is 396 g/mol. The molecular formula is C20H20N4O3S. The highest BCUT2D eigenvalue weighted by Gasteiger charge is 2.28. The summed E-state index contributed by atoms with van der Waals surface area (Å²) in [5, 5.41) is 15.4. The Labute approximate surface area is 166 Å². The molecule has 7 nitrogen and oxygen atoms in total. The SMILES string of the molecule is O=C(O)CC1CCN(C(=O)c2nc(-c3cccs3)n(-c3ccccc3)n2)CC1. The molecule has 144 valence electrons. The van der Waals surface area contributed by atoms with Gasteiger partial charge in [0.05, 0.1) is 10.6 Å². The number of carbonyl (C=O) groups is 2. The Morgan fingerprint density at radius 3 is 2.50 bits per heavy atom. The van der Waals surface area contributed by atoms with Gasteiger partial charge in [-0.25, -0.2) is 9.67 Å². The predicted molar refractivity (Wildman–Crippen MR) is 106 cm³/mol. The van der Waals surface area contributed by atoms with Gasteiger partial charge in [0, 0.05) is 19.5 Å². The Morgan fingerprint density at radius 1 is 1.11 bits per heavy atom. The number of nitrogens with zero attached hydrogens (tertiary/aromatic N) is 4. The number of carbonyl (C=O) groups excluding carboxylic acids is 1. The van der Waals surface area contributed by atoms with Crippen molar-refractivity contribution in [3.8, 4) is 16.4 Å². The number of para-hydroxylation sites is 1. The molecule has 0 radical (unpaired) electrons. The standard InChI is InChI=1S/C20H20N4O3S/c25-17(26)13-14-8-10-23(11-9-14)20(27)18-21-19(16-7-4-12-28-16)24(22-18)15-5-2-1-3-6-15/h1-7,12,14H,8-11,13H2,(H,25,26). The number of thiophene rings is 1. The topological polar surface area (TPSA) is 88.3 Å². The molecule has 0 saturated carbocycles. The Kier molecular flexibility index (Phi) is 5.21. The molecule has 1 fully saturated rings. The first-order valence-electron chi connectivity index (χ1n) is 9.19. The van der Waals surface area contributed by atoms with Crippen LogP contribution in [0.3, 0.4) is 0 Å². The third-order valence-electron chi connectivity index (χ3n) is 4.91. The number of likely N-dealkylation sites (tertiary alicyclic amines) is 1. The lowest BCUT2D eigenvalue weighted by Crippen LogP contribution is -2.39. The van der Waals surface area contributed by atoms with Crippen LogP contribution in [-0.4, -0.2) is 49.7 Å². The van der Waals surface area contributed by atoms with Gasteiger partial charge in [-0.05, 0) is 42.3 Å². The Bertz CT molecular complexity index is 961. The molecule has 1 amide bonds. The summed E-state index contributed by atoms with van der Waals surface area (Å²) in [7, 11) is 0. The minimum absolute atomic E-state index is 0.123. The van der Waals surface area contributed by atoms with Crippen molar-refractivity contribution in [1.29, 1.82) is 0 Å².